The fourth-order valence-corrected chi connectivity index (χ4v) is 2.77. The van der Waals surface area contributed by atoms with Crippen LogP contribution in [0.1, 0.15) is 72.3 Å². The molecule has 0 spiro atoms. The zero-order chi connectivity index (χ0) is 18.5. The number of nitrogens with one attached hydrogen (secondary N) is 1. The molecular formula is C20H32BNO3. The van der Waals surface area contributed by atoms with E-state index in [4.69, 9.17) is 9.31 Å². The first-order valence-electron chi connectivity index (χ1n) is 9.46. The van der Waals surface area contributed by atoms with E-state index in [2.05, 4.69) is 39.9 Å². The van der Waals surface area contributed by atoms with E-state index in [9.17, 15) is 4.79 Å². The average molecular weight is 345 g/mol. The summed E-state index contributed by atoms with van der Waals surface area (Å²) in [5, 5.41) is 2.99. The zero-order valence-corrected chi connectivity index (χ0v) is 16.4. The van der Waals surface area contributed by atoms with E-state index in [1.54, 1.807) is 0 Å². The van der Waals surface area contributed by atoms with E-state index in [0.717, 1.165) is 23.9 Å². The van der Waals surface area contributed by atoms with Gasteiger partial charge < -0.3 is 14.6 Å². The Hall–Kier alpha value is -1.33. The van der Waals surface area contributed by atoms with Gasteiger partial charge in [0.15, 0.2) is 0 Å². The van der Waals surface area contributed by atoms with Gasteiger partial charge in [-0.05, 0) is 45.1 Å². The third kappa shape index (κ3) is 5.32. The van der Waals surface area contributed by atoms with Crippen molar-refractivity contribution in [2.45, 2.75) is 84.5 Å². The number of hydrogen-bond donors (Lipinski definition) is 1. The lowest BCUT2D eigenvalue weighted by atomic mass is 9.79. The minimum Gasteiger partial charge on any atom is -0.399 e. The first-order chi connectivity index (χ1) is 11.7. The van der Waals surface area contributed by atoms with Crippen molar-refractivity contribution in [3.63, 3.8) is 0 Å². The lowest BCUT2D eigenvalue weighted by Crippen LogP contribution is -2.41. The van der Waals surface area contributed by atoms with Crippen LogP contribution < -0.4 is 10.8 Å². The van der Waals surface area contributed by atoms with Crippen LogP contribution >= 0.6 is 0 Å². The monoisotopic (exact) mass is 345 g/mol. The Labute approximate surface area is 152 Å². The molecule has 1 fully saturated rings. The van der Waals surface area contributed by atoms with Crippen molar-refractivity contribution in [3.8, 4) is 0 Å². The fraction of sp³-hybridized carbons (Fsp3) is 0.650. The maximum atomic E-state index is 11.8. The first-order valence-corrected chi connectivity index (χ1v) is 9.46. The second-order valence-electron chi connectivity index (χ2n) is 7.92. The molecule has 0 bridgehead atoms. The lowest BCUT2D eigenvalue weighted by molar-refractivity contribution is -0.121. The number of carbonyl (C=O) groups is 1. The molecule has 25 heavy (non-hydrogen) atoms. The van der Waals surface area contributed by atoms with Gasteiger partial charge in [0.1, 0.15) is 0 Å². The molecule has 138 valence electrons. The lowest BCUT2D eigenvalue weighted by Gasteiger charge is -2.32. The molecule has 1 saturated heterocycles. The topological polar surface area (TPSA) is 47.6 Å². The molecule has 1 aliphatic heterocycles. The summed E-state index contributed by atoms with van der Waals surface area (Å²) in [6.07, 6.45) is 5.11. The summed E-state index contributed by atoms with van der Waals surface area (Å²) >= 11 is 0. The molecule has 4 nitrogen and oxygen atoms in total. The molecule has 0 atom stereocenters. The maximum Gasteiger partial charge on any atom is 0.494 e. The fourth-order valence-electron chi connectivity index (χ4n) is 2.77. The second kappa shape index (κ2) is 8.37. The van der Waals surface area contributed by atoms with Gasteiger partial charge in [0.2, 0.25) is 5.91 Å². The van der Waals surface area contributed by atoms with Crippen molar-refractivity contribution < 1.29 is 14.1 Å². The van der Waals surface area contributed by atoms with Gasteiger partial charge in [-0.25, -0.2) is 0 Å². The molecule has 0 radical (unpaired) electrons. The zero-order valence-electron chi connectivity index (χ0n) is 16.4. The Bertz CT molecular complexity index is 553. The molecule has 1 aromatic carbocycles. The first kappa shape index (κ1) is 20.0. The number of amides is 1. The Morgan fingerprint density at radius 2 is 1.60 bits per heavy atom. The molecule has 1 N–H and O–H groups in total. The molecule has 5 heteroatoms. The molecule has 1 heterocycles. The van der Waals surface area contributed by atoms with Crippen LogP contribution in [0.2, 0.25) is 0 Å². The van der Waals surface area contributed by atoms with Gasteiger partial charge in [0.25, 0.3) is 0 Å². The van der Waals surface area contributed by atoms with Crippen molar-refractivity contribution in [2.24, 2.45) is 0 Å². The highest BCUT2D eigenvalue weighted by molar-refractivity contribution is 6.62. The highest BCUT2D eigenvalue weighted by atomic mass is 16.7. The van der Waals surface area contributed by atoms with Crippen molar-refractivity contribution in [1.82, 2.24) is 5.32 Å². The van der Waals surface area contributed by atoms with Gasteiger partial charge in [-0.3, -0.25) is 4.79 Å². The minimum atomic E-state index is -0.341. The summed E-state index contributed by atoms with van der Waals surface area (Å²) in [5.41, 5.74) is 1.43. The van der Waals surface area contributed by atoms with Crippen LogP contribution in [0.3, 0.4) is 0 Å². The van der Waals surface area contributed by atoms with E-state index in [1.165, 1.54) is 12.8 Å². The Kier molecular flexibility index (Phi) is 6.69. The summed E-state index contributed by atoms with van der Waals surface area (Å²) in [6, 6.07) is 8.09. The molecule has 2 rings (SSSR count). The van der Waals surface area contributed by atoms with Crippen molar-refractivity contribution in [2.75, 3.05) is 0 Å². The van der Waals surface area contributed by atoms with Crippen LogP contribution in [0.4, 0.5) is 0 Å². The number of hydrogen-bond acceptors (Lipinski definition) is 3. The van der Waals surface area contributed by atoms with E-state index < -0.39 is 0 Å². The molecule has 1 amide bonds. The summed E-state index contributed by atoms with van der Waals surface area (Å²) in [4.78, 5) is 11.8. The normalized spacial score (nSPS) is 18.4. The molecule has 0 aliphatic carbocycles. The van der Waals surface area contributed by atoms with Crippen LogP contribution in [0.15, 0.2) is 24.3 Å². The van der Waals surface area contributed by atoms with E-state index >= 15 is 0 Å². The van der Waals surface area contributed by atoms with E-state index in [-0.39, 0.29) is 24.2 Å². The number of benzene rings is 1. The van der Waals surface area contributed by atoms with Crippen LogP contribution in [0, 0.1) is 0 Å². The largest absolute Gasteiger partial charge is 0.494 e. The smallest absolute Gasteiger partial charge is 0.399 e. The van der Waals surface area contributed by atoms with Crippen molar-refractivity contribution in [3.05, 3.63) is 29.8 Å². The van der Waals surface area contributed by atoms with Gasteiger partial charge in [-0.15, -0.1) is 0 Å². The van der Waals surface area contributed by atoms with Crippen LogP contribution in [-0.2, 0) is 20.6 Å². The highest BCUT2D eigenvalue weighted by Crippen LogP contribution is 2.36. The van der Waals surface area contributed by atoms with Crippen molar-refractivity contribution in [1.29, 1.82) is 0 Å². The van der Waals surface area contributed by atoms with Crippen LogP contribution in [0.5, 0.6) is 0 Å². The summed E-state index contributed by atoms with van der Waals surface area (Å²) in [6.45, 7) is 11.0. The summed E-state index contributed by atoms with van der Waals surface area (Å²) < 4.78 is 12.1. The molecule has 1 aliphatic rings. The number of rotatable bonds is 8. The molecule has 0 aromatic heterocycles. The molecule has 0 saturated carbocycles. The predicted molar refractivity (Wildman–Crippen MR) is 103 cm³/mol. The quantitative estimate of drug-likeness (QED) is 0.579. The average Bonchev–Trinajstić information content (AvgIpc) is 2.78. The molecule has 1 aromatic rings. The Morgan fingerprint density at radius 1 is 1.00 bits per heavy atom. The van der Waals surface area contributed by atoms with Crippen LogP contribution in [0.25, 0.3) is 0 Å². The predicted octanol–water partition coefficient (Wildman–Crippen LogP) is 3.57. The van der Waals surface area contributed by atoms with Gasteiger partial charge in [-0.2, -0.15) is 0 Å². The van der Waals surface area contributed by atoms with Crippen LogP contribution in [-0.4, -0.2) is 24.2 Å². The van der Waals surface area contributed by atoms with Gasteiger partial charge in [0, 0.05) is 13.0 Å². The second-order valence-corrected chi connectivity index (χ2v) is 7.92. The van der Waals surface area contributed by atoms with E-state index in [1.807, 2.05) is 24.3 Å². The summed E-state index contributed by atoms with van der Waals surface area (Å²) in [7, 11) is -0.341. The minimum absolute atomic E-state index is 0.131. The number of carbonyl (C=O) groups excluding carboxylic acids is 1. The standard InChI is InChI=1S/C20H32BNO3/c1-6-7-8-9-10-18(23)22-15-16-11-13-17(14-12-16)21-24-19(2,3)20(4,5)25-21/h11-14H,6-10,15H2,1-5H3,(H,22,23). The third-order valence-corrected chi connectivity index (χ3v) is 5.25. The van der Waals surface area contributed by atoms with Gasteiger partial charge in [0.05, 0.1) is 11.2 Å². The SMILES string of the molecule is CCCCCCC(=O)NCc1ccc(B2OC(C)(C)C(C)(C)O2)cc1. The van der Waals surface area contributed by atoms with E-state index in [0.29, 0.717) is 13.0 Å². The van der Waals surface area contributed by atoms with Crippen molar-refractivity contribution >= 4 is 18.5 Å². The third-order valence-electron chi connectivity index (χ3n) is 5.25. The molecular weight excluding hydrogens is 313 g/mol. The summed E-state index contributed by atoms with van der Waals surface area (Å²) in [5.74, 6) is 0.131. The Morgan fingerprint density at radius 3 is 2.16 bits per heavy atom. The number of unbranched alkanes of at least 4 members (excludes halogenated alkanes) is 3. The van der Waals surface area contributed by atoms with Gasteiger partial charge in [-0.1, -0.05) is 50.5 Å². The highest BCUT2D eigenvalue weighted by Gasteiger charge is 2.51. The maximum absolute atomic E-state index is 11.8. The molecule has 0 unspecified atom stereocenters. The Balaban J connectivity index is 1.82. The van der Waals surface area contributed by atoms with Gasteiger partial charge >= 0.3 is 7.12 Å².